The number of carbonyl (C=O) groups excluding carboxylic acids is 2. The van der Waals surface area contributed by atoms with E-state index < -0.39 is 23.5 Å². The van der Waals surface area contributed by atoms with Crippen LogP contribution >= 0.6 is 0 Å². The minimum Gasteiger partial charge on any atom is -0.380 e. The van der Waals surface area contributed by atoms with Crippen LogP contribution in [0.1, 0.15) is 6.92 Å². The van der Waals surface area contributed by atoms with Gasteiger partial charge in [0.05, 0.1) is 30.4 Å². The highest BCUT2D eigenvalue weighted by Gasteiger charge is 2.51. The van der Waals surface area contributed by atoms with E-state index in [1.165, 1.54) is 17.9 Å². The first-order valence-corrected chi connectivity index (χ1v) is 10.4. The van der Waals surface area contributed by atoms with Gasteiger partial charge in [-0.3, -0.25) is 19.5 Å². The predicted molar refractivity (Wildman–Crippen MR) is 121 cm³/mol. The Labute approximate surface area is 192 Å². The predicted octanol–water partition coefficient (Wildman–Crippen LogP) is 1.11. The lowest BCUT2D eigenvalue weighted by atomic mass is 9.94. The average Bonchev–Trinajstić information content (AvgIpc) is 3.48. The molecular weight excluding hydrogens is 442 g/mol. The molecule has 0 bridgehead atoms. The van der Waals surface area contributed by atoms with Gasteiger partial charge < -0.3 is 25.4 Å². The van der Waals surface area contributed by atoms with Gasteiger partial charge in [0.15, 0.2) is 28.9 Å². The first-order chi connectivity index (χ1) is 16.4. The quantitative estimate of drug-likeness (QED) is 0.394. The average molecular weight is 463 g/mol. The monoisotopic (exact) mass is 463 g/mol. The van der Waals surface area contributed by atoms with Crippen molar-refractivity contribution in [3.05, 3.63) is 55.0 Å². The fourth-order valence-corrected chi connectivity index (χ4v) is 3.78. The number of nitrogens with two attached hydrogens (primary N) is 1. The minimum atomic E-state index is -1.82. The van der Waals surface area contributed by atoms with Gasteiger partial charge in [-0.15, -0.1) is 5.10 Å². The van der Waals surface area contributed by atoms with Crippen molar-refractivity contribution in [3.63, 3.8) is 0 Å². The van der Waals surface area contributed by atoms with Gasteiger partial charge in [-0.05, 0) is 31.2 Å². The van der Waals surface area contributed by atoms with E-state index in [-0.39, 0.29) is 19.0 Å². The van der Waals surface area contributed by atoms with E-state index in [1.54, 1.807) is 47.5 Å². The van der Waals surface area contributed by atoms with Gasteiger partial charge in [-0.1, -0.05) is 5.16 Å². The third-order valence-corrected chi connectivity index (χ3v) is 5.69. The largest absolute Gasteiger partial charge is 0.380 e. The smallest absolute Gasteiger partial charge is 0.263 e. The minimum absolute atomic E-state index is 0.107. The summed E-state index contributed by atoms with van der Waals surface area (Å²) in [4.78, 5) is 31.6. The number of nitrogens with zero attached hydrogens (tertiary/aromatic N) is 5. The third kappa shape index (κ3) is 3.64. The molecule has 1 saturated heterocycles. The van der Waals surface area contributed by atoms with Gasteiger partial charge in [0, 0.05) is 30.2 Å². The van der Waals surface area contributed by atoms with E-state index in [1.807, 2.05) is 6.07 Å². The standard InChI is InChI=1S/C22H21N7O5/c1-22(18(30)20(31)25-13-4-5-15-16(11-13)34-27-19(15)23)21(32)28(9-10-33-22)17-6-8-29(26-17)14-3-2-7-24-12-14/h2-8,11-12,18,30H,9-10H2,1H3,(H2,23,27)(H,25,31). The Morgan fingerprint density at radius 1 is 1.32 bits per heavy atom. The molecule has 1 fully saturated rings. The molecule has 12 nitrogen and oxygen atoms in total. The second-order valence-corrected chi connectivity index (χ2v) is 7.91. The van der Waals surface area contributed by atoms with Gasteiger partial charge in [-0.2, -0.15) is 0 Å². The number of morpholine rings is 1. The number of ether oxygens (including phenoxy) is 1. The van der Waals surface area contributed by atoms with Crippen LogP contribution in [0.2, 0.25) is 0 Å². The highest BCUT2D eigenvalue weighted by atomic mass is 16.5. The number of fused-ring (bicyclic) bond motifs is 1. The molecule has 1 aliphatic rings. The van der Waals surface area contributed by atoms with Crippen molar-refractivity contribution in [3.8, 4) is 5.69 Å². The molecule has 0 radical (unpaired) electrons. The Kier molecular flexibility index (Phi) is 5.23. The molecular formula is C22H21N7O5. The number of hydrogen-bond donors (Lipinski definition) is 3. The molecule has 2 unspecified atom stereocenters. The highest BCUT2D eigenvalue weighted by molar-refractivity contribution is 6.06. The van der Waals surface area contributed by atoms with Crippen molar-refractivity contribution in [2.75, 3.05) is 29.1 Å². The molecule has 0 saturated carbocycles. The summed E-state index contributed by atoms with van der Waals surface area (Å²) in [5.41, 5.74) is 5.32. The second kappa shape index (κ2) is 8.24. The summed E-state index contributed by atoms with van der Waals surface area (Å²) < 4.78 is 12.3. The number of nitrogen functional groups attached to an aromatic ring is 1. The number of aromatic nitrogens is 4. The number of aliphatic hydroxyl groups is 1. The van der Waals surface area contributed by atoms with Crippen LogP contribution in [0.4, 0.5) is 17.3 Å². The maximum Gasteiger partial charge on any atom is 0.263 e. The molecule has 1 aliphatic heterocycles. The summed E-state index contributed by atoms with van der Waals surface area (Å²) in [7, 11) is 0. The molecule has 0 aliphatic carbocycles. The van der Waals surface area contributed by atoms with E-state index in [0.717, 1.165) is 5.69 Å². The second-order valence-electron chi connectivity index (χ2n) is 7.91. The Morgan fingerprint density at radius 3 is 2.97 bits per heavy atom. The Hall–Kier alpha value is -4.29. The zero-order valence-electron chi connectivity index (χ0n) is 18.1. The van der Waals surface area contributed by atoms with Crippen LogP contribution in [0, 0.1) is 0 Å². The Morgan fingerprint density at radius 2 is 2.18 bits per heavy atom. The van der Waals surface area contributed by atoms with Crippen LogP contribution in [0.15, 0.2) is 59.5 Å². The van der Waals surface area contributed by atoms with Crippen LogP contribution in [0.5, 0.6) is 0 Å². The van der Waals surface area contributed by atoms with Crippen molar-refractivity contribution in [1.82, 2.24) is 19.9 Å². The number of hydrogen-bond acceptors (Lipinski definition) is 9. The van der Waals surface area contributed by atoms with E-state index in [9.17, 15) is 14.7 Å². The lowest BCUT2D eigenvalue weighted by molar-refractivity contribution is -0.170. The zero-order chi connectivity index (χ0) is 23.9. The van der Waals surface area contributed by atoms with Crippen LogP contribution < -0.4 is 16.0 Å². The number of carbonyl (C=O) groups is 2. The molecule has 2 atom stereocenters. The molecule has 4 aromatic rings. The van der Waals surface area contributed by atoms with Gasteiger partial charge >= 0.3 is 0 Å². The van der Waals surface area contributed by atoms with Crippen LogP contribution in [0.3, 0.4) is 0 Å². The van der Waals surface area contributed by atoms with E-state index in [2.05, 4.69) is 20.6 Å². The summed E-state index contributed by atoms with van der Waals surface area (Å²) in [6, 6.07) is 10.0. The molecule has 3 aromatic heterocycles. The highest BCUT2D eigenvalue weighted by Crippen LogP contribution is 2.29. The first kappa shape index (κ1) is 21.6. The maximum atomic E-state index is 13.3. The van der Waals surface area contributed by atoms with Gasteiger partial charge in [0.2, 0.25) is 0 Å². The lowest BCUT2D eigenvalue weighted by Gasteiger charge is -2.40. The van der Waals surface area contributed by atoms with Crippen LogP contribution in [-0.2, 0) is 14.3 Å². The molecule has 174 valence electrons. The van der Waals surface area contributed by atoms with Crippen molar-refractivity contribution < 1.29 is 24.0 Å². The van der Waals surface area contributed by atoms with Crippen LogP contribution in [0.25, 0.3) is 16.7 Å². The van der Waals surface area contributed by atoms with E-state index in [0.29, 0.717) is 22.5 Å². The molecule has 12 heteroatoms. The number of benzene rings is 1. The number of aliphatic hydroxyl groups excluding tert-OH is 1. The summed E-state index contributed by atoms with van der Waals surface area (Å²) in [5.74, 6) is -0.807. The number of pyridine rings is 1. The lowest BCUT2D eigenvalue weighted by Crippen LogP contribution is -2.63. The fourth-order valence-electron chi connectivity index (χ4n) is 3.78. The number of rotatable bonds is 5. The maximum absolute atomic E-state index is 13.3. The molecule has 34 heavy (non-hydrogen) atoms. The van der Waals surface area contributed by atoms with Gasteiger partial charge in [0.25, 0.3) is 11.8 Å². The van der Waals surface area contributed by atoms with Gasteiger partial charge in [0.1, 0.15) is 0 Å². The van der Waals surface area contributed by atoms with Gasteiger partial charge in [-0.25, -0.2) is 4.68 Å². The molecule has 5 rings (SSSR count). The molecule has 0 spiro atoms. The summed E-state index contributed by atoms with van der Waals surface area (Å²) in [6.45, 7) is 1.70. The topological polar surface area (TPSA) is 162 Å². The van der Waals surface area contributed by atoms with Crippen molar-refractivity contribution in [2.45, 2.75) is 18.6 Å². The zero-order valence-corrected chi connectivity index (χ0v) is 18.1. The summed E-state index contributed by atoms with van der Waals surface area (Å²) in [6.07, 6.45) is 3.19. The molecule has 4 heterocycles. The van der Waals surface area contributed by atoms with Crippen molar-refractivity contribution in [1.29, 1.82) is 0 Å². The number of anilines is 3. The number of amides is 2. The van der Waals surface area contributed by atoms with Crippen molar-refractivity contribution in [2.24, 2.45) is 0 Å². The Balaban J connectivity index is 1.34. The molecule has 4 N–H and O–H groups in total. The molecule has 2 amide bonds. The first-order valence-electron chi connectivity index (χ1n) is 10.4. The van der Waals surface area contributed by atoms with Crippen LogP contribution in [-0.4, -0.2) is 61.7 Å². The van der Waals surface area contributed by atoms with Crippen molar-refractivity contribution >= 4 is 40.1 Å². The van der Waals surface area contributed by atoms with E-state index in [4.69, 9.17) is 15.0 Å². The fraction of sp³-hybridized carbons (Fsp3) is 0.227. The van der Waals surface area contributed by atoms with E-state index >= 15 is 0 Å². The third-order valence-electron chi connectivity index (χ3n) is 5.69. The summed E-state index contributed by atoms with van der Waals surface area (Å²) in [5, 5.41) is 22.1. The normalized spacial score (nSPS) is 19.4. The number of nitrogens with one attached hydrogen (secondary N) is 1. The summed E-state index contributed by atoms with van der Waals surface area (Å²) >= 11 is 0. The molecule has 1 aromatic carbocycles. The SMILES string of the molecule is CC1(C(O)C(=O)Nc2ccc3c(N)noc3c2)OCCN(c2ccn(-c3cccnc3)n2)C1=O. The Bertz CT molecular complexity index is 1370.